The Hall–Kier alpha value is -1.59. The zero-order valence-electron chi connectivity index (χ0n) is 11.4. The van der Waals surface area contributed by atoms with E-state index in [1.807, 2.05) is 31.2 Å². The van der Waals surface area contributed by atoms with E-state index in [2.05, 4.69) is 20.6 Å². The number of aromatic nitrogens is 2. The molecular formula is C14H19ClN4O. The SMILES string of the molecule is CCOc1nc2ccccc2nc1NC1CCNC1.Cl. The quantitative estimate of drug-likeness (QED) is 0.905. The van der Waals surface area contributed by atoms with E-state index in [4.69, 9.17) is 4.74 Å². The van der Waals surface area contributed by atoms with Gasteiger partial charge in [-0.05, 0) is 32.0 Å². The molecule has 1 fully saturated rings. The van der Waals surface area contributed by atoms with Gasteiger partial charge in [-0.15, -0.1) is 12.4 Å². The van der Waals surface area contributed by atoms with Crippen molar-refractivity contribution in [2.75, 3.05) is 25.0 Å². The third kappa shape index (κ3) is 3.11. The molecule has 1 aromatic heterocycles. The Kier molecular flexibility index (Phi) is 4.98. The predicted octanol–water partition coefficient (Wildman–Crippen LogP) is 2.22. The van der Waals surface area contributed by atoms with E-state index in [9.17, 15) is 0 Å². The molecule has 0 aliphatic carbocycles. The lowest BCUT2D eigenvalue weighted by atomic mass is 10.2. The van der Waals surface area contributed by atoms with Crippen molar-refractivity contribution in [2.45, 2.75) is 19.4 Å². The molecule has 5 nitrogen and oxygen atoms in total. The van der Waals surface area contributed by atoms with Crippen molar-refractivity contribution >= 4 is 29.3 Å². The molecule has 6 heteroatoms. The Morgan fingerprint density at radius 3 is 2.70 bits per heavy atom. The number of anilines is 1. The molecule has 1 aliphatic rings. The van der Waals surface area contributed by atoms with Gasteiger partial charge >= 0.3 is 0 Å². The van der Waals surface area contributed by atoms with Crippen LogP contribution in [0.2, 0.25) is 0 Å². The third-order valence-electron chi connectivity index (χ3n) is 3.22. The largest absolute Gasteiger partial charge is 0.475 e. The minimum atomic E-state index is 0. The number of fused-ring (bicyclic) bond motifs is 1. The van der Waals surface area contributed by atoms with Crippen LogP contribution in [0, 0.1) is 0 Å². The first kappa shape index (κ1) is 14.8. The van der Waals surface area contributed by atoms with Gasteiger partial charge in [0.15, 0.2) is 5.82 Å². The summed E-state index contributed by atoms with van der Waals surface area (Å²) >= 11 is 0. The van der Waals surface area contributed by atoms with E-state index >= 15 is 0 Å². The molecule has 20 heavy (non-hydrogen) atoms. The van der Waals surface area contributed by atoms with Gasteiger partial charge in [-0.25, -0.2) is 9.97 Å². The van der Waals surface area contributed by atoms with Gasteiger partial charge in [-0.2, -0.15) is 0 Å². The molecule has 2 aromatic rings. The van der Waals surface area contributed by atoms with Crippen molar-refractivity contribution in [3.63, 3.8) is 0 Å². The summed E-state index contributed by atoms with van der Waals surface area (Å²) in [7, 11) is 0. The normalized spacial score (nSPS) is 17.8. The molecule has 108 valence electrons. The van der Waals surface area contributed by atoms with Gasteiger partial charge in [0.05, 0.1) is 17.6 Å². The molecule has 1 atom stereocenters. The van der Waals surface area contributed by atoms with Crippen LogP contribution >= 0.6 is 12.4 Å². The van der Waals surface area contributed by atoms with E-state index < -0.39 is 0 Å². The Bertz CT molecular complexity index is 572. The topological polar surface area (TPSA) is 59.1 Å². The lowest BCUT2D eigenvalue weighted by Crippen LogP contribution is -2.23. The number of ether oxygens (including phenoxy) is 1. The van der Waals surface area contributed by atoms with Gasteiger partial charge in [-0.3, -0.25) is 0 Å². The zero-order chi connectivity index (χ0) is 13.1. The lowest BCUT2D eigenvalue weighted by Gasteiger charge is -2.15. The van der Waals surface area contributed by atoms with Gasteiger partial charge in [0.2, 0.25) is 0 Å². The molecule has 1 unspecified atom stereocenters. The number of hydrogen-bond acceptors (Lipinski definition) is 5. The molecule has 1 saturated heterocycles. The number of benzene rings is 1. The minimum Gasteiger partial charge on any atom is -0.475 e. The number of hydrogen-bond donors (Lipinski definition) is 2. The molecule has 0 bridgehead atoms. The summed E-state index contributed by atoms with van der Waals surface area (Å²) in [5.41, 5.74) is 1.75. The number of halogens is 1. The average molecular weight is 295 g/mol. The first-order chi connectivity index (χ1) is 9.36. The maximum absolute atomic E-state index is 5.60. The summed E-state index contributed by atoms with van der Waals surface area (Å²) < 4.78 is 5.60. The van der Waals surface area contributed by atoms with Crippen LogP contribution < -0.4 is 15.4 Å². The molecule has 0 radical (unpaired) electrons. The fourth-order valence-corrected chi connectivity index (χ4v) is 2.29. The molecule has 0 amide bonds. The van der Waals surface area contributed by atoms with Gasteiger partial charge in [0.1, 0.15) is 0 Å². The highest BCUT2D eigenvalue weighted by atomic mass is 35.5. The van der Waals surface area contributed by atoms with Gasteiger partial charge in [-0.1, -0.05) is 12.1 Å². The van der Waals surface area contributed by atoms with Crippen molar-refractivity contribution < 1.29 is 4.74 Å². The van der Waals surface area contributed by atoms with Crippen LogP contribution in [-0.2, 0) is 0 Å². The highest BCUT2D eigenvalue weighted by Gasteiger charge is 2.18. The fourth-order valence-electron chi connectivity index (χ4n) is 2.29. The number of nitrogens with one attached hydrogen (secondary N) is 2. The van der Waals surface area contributed by atoms with Crippen LogP contribution in [0.1, 0.15) is 13.3 Å². The van der Waals surface area contributed by atoms with Crippen molar-refractivity contribution in [1.82, 2.24) is 15.3 Å². The van der Waals surface area contributed by atoms with Gasteiger partial charge < -0.3 is 15.4 Å². The Labute approximate surface area is 124 Å². The second-order valence-electron chi connectivity index (χ2n) is 4.63. The van der Waals surface area contributed by atoms with Crippen LogP contribution in [0.25, 0.3) is 11.0 Å². The van der Waals surface area contributed by atoms with Crippen LogP contribution in [0.3, 0.4) is 0 Å². The molecule has 0 spiro atoms. The Morgan fingerprint density at radius 2 is 2.05 bits per heavy atom. The van der Waals surface area contributed by atoms with Gasteiger partial charge in [0, 0.05) is 12.6 Å². The van der Waals surface area contributed by atoms with E-state index in [0.29, 0.717) is 18.5 Å². The highest BCUT2D eigenvalue weighted by Crippen LogP contribution is 2.24. The second kappa shape index (κ2) is 6.72. The molecule has 3 rings (SSSR count). The van der Waals surface area contributed by atoms with Crippen LogP contribution in [0.15, 0.2) is 24.3 Å². The standard InChI is InChI=1S/C14H18N4O.ClH/c1-2-19-14-13(16-10-7-8-15-9-10)17-11-5-3-4-6-12(11)18-14;/h3-6,10,15H,2,7-9H2,1H3,(H,16,17);1H. The van der Waals surface area contributed by atoms with Crippen molar-refractivity contribution in [2.24, 2.45) is 0 Å². The third-order valence-corrected chi connectivity index (χ3v) is 3.22. The van der Waals surface area contributed by atoms with Gasteiger partial charge in [0.25, 0.3) is 5.88 Å². The monoisotopic (exact) mass is 294 g/mol. The maximum atomic E-state index is 5.60. The summed E-state index contributed by atoms with van der Waals surface area (Å²) in [4.78, 5) is 9.17. The Balaban J connectivity index is 0.00000147. The van der Waals surface area contributed by atoms with E-state index in [1.54, 1.807) is 0 Å². The lowest BCUT2D eigenvalue weighted by molar-refractivity contribution is 0.328. The van der Waals surface area contributed by atoms with Crippen LogP contribution in [0.4, 0.5) is 5.82 Å². The van der Waals surface area contributed by atoms with E-state index in [0.717, 1.165) is 36.4 Å². The molecule has 1 aromatic carbocycles. The summed E-state index contributed by atoms with van der Waals surface area (Å²) in [6.07, 6.45) is 1.10. The summed E-state index contributed by atoms with van der Waals surface area (Å²) in [6, 6.07) is 8.25. The van der Waals surface area contributed by atoms with E-state index in [-0.39, 0.29) is 12.4 Å². The Morgan fingerprint density at radius 1 is 1.30 bits per heavy atom. The first-order valence-corrected chi connectivity index (χ1v) is 6.73. The number of rotatable bonds is 4. The van der Waals surface area contributed by atoms with Crippen molar-refractivity contribution in [3.8, 4) is 5.88 Å². The molecule has 0 saturated carbocycles. The molecule has 2 N–H and O–H groups in total. The van der Waals surface area contributed by atoms with Crippen molar-refractivity contribution in [1.29, 1.82) is 0 Å². The highest BCUT2D eigenvalue weighted by molar-refractivity contribution is 5.85. The average Bonchev–Trinajstić information content (AvgIpc) is 2.93. The molecular weight excluding hydrogens is 276 g/mol. The second-order valence-corrected chi connectivity index (χ2v) is 4.63. The van der Waals surface area contributed by atoms with Crippen LogP contribution in [0.5, 0.6) is 5.88 Å². The predicted molar refractivity (Wildman–Crippen MR) is 82.9 cm³/mol. The smallest absolute Gasteiger partial charge is 0.258 e. The fraction of sp³-hybridized carbons (Fsp3) is 0.429. The van der Waals surface area contributed by atoms with Crippen molar-refractivity contribution in [3.05, 3.63) is 24.3 Å². The van der Waals surface area contributed by atoms with Crippen LogP contribution in [-0.4, -0.2) is 35.7 Å². The number of para-hydroxylation sites is 2. The summed E-state index contributed by atoms with van der Waals surface area (Å²) in [5.74, 6) is 1.34. The molecule has 2 heterocycles. The first-order valence-electron chi connectivity index (χ1n) is 6.73. The summed E-state index contributed by atoms with van der Waals surface area (Å²) in [6.45, 7) is 4.55. The number of nitrogens with zero attached hydrogens (tertiary/aromatic N) is 2. The zero-order valence-corrected chi connectivity index (χ0v) is 12.2. The molecule has 1 aliphatic heterocycles. The maximum Gasteiger partial charge on any atom is 0.258 e. The summed E-state index contributed by atoms with van der Waals surface area (Å²) in [5, 5.41) is 6.76. The van der Waals surface area contributed by atoms with E-state index in [1.165, 1.54) is 0 Å². The minimum absolute atomic E-state index is 0.